The Morgan fingerprint density at radius 2 is 0.891 bits per heavy atom. The van der Waals surface area contributed by atoms with E-state index in [2.05, 4.69) is 68.8 Å². The average molecular weight is 1740 g/mol. The number of anilines is 2. The standard InChI is InChI=1S/C24H40N7O18P3S.C23H38N7O17P3S.C3H6O3/c1-12(32)23(37)53-7-6-26-14(33)4-5-27-21(36)18(35)24(2,3)9-46-52(43,44)49-51(41,42)45-8-13-17(48-50(38,39)40)16(34)22(47-13)31-11-30-15-19(25)28-10-29-20(15)31;1-12(31)51-7-6-25-14(32)4-5-26-21(35)18(34)23(2,3)9-44-50(41,42)47-49(39,40)43-8-13-17(46-48(36,37)38)16(33)22(45-13)30-11-29-15-19(24)27-10-28-20(15)30;1-2(4)3(5)6/h10-13,16-18,22,32,34-35H,4-9H2,1-3H3,(H,26,33)(H,27,36)(H,41,42)(H,43,44)(H2,25,28,29)(H2,38,39,40);10-11,13,16-18,22,33-34H,4-9H2,1-3H3,(H,25,32)(H,26,35)(H,39,40)(H,41,42)(H2,24,27,28)(H2,36,37,38);2,4H,1H3,(H,5,6)/t12?,13-,16-,17-,18+,22-;13-,16-,17-,18+,22-;/m11./s1. The smallest absolute Gasteiger partial charge is 0.479 e. The molecule has 52 nitrogen and oxygen atoms in total. The molecule has 110 heavy (non-hydrogen) atoms. The van der Waals surface area contributed by atoms with Crippen LogP contribution < -0.4 is 32.7 Å². The summed E-state index contributed by atoms with van der Waals surface area (Å²) in [7, 11) is -32.8. The largest absolute Gasteiger partial charge is 0.481 e. The molecule has 0 aliphatic carbocycles. The number of imidazole rings is 2. The molecule has 6 unspecified atom stereocenters. The normalized spacial score (nSPS) is 22.2. The van der Waals surface area contributed by atoms with Crippen molar-refractivity contribution in [2.24, 2.45) is 10.8 Å². The van der Waals surface area contributed by atoms with Gasteiger partial charge in [-0.25, -0.2) is 62.1 Å². The molecule has 4 aromatic heterocycles. The fourth-order valence-corrected chi connectivity index (χ4v) is 15.5. The van der Waals surface area contributed by atoms with Crippen molar-refractivity contribution in [1.82, 2.24) is 60.3 Å². The number of nitrogens with zero attached hydrogens (tertiary/aromatic N) is 8. The Balaban J connectivity index is 0.000000432. The quantitative estimate of drug-likeness (QED) is 0.0150. The lowest BCUT2D eigenvalue weighted by atomic mass is 9.87. The second-order valence-corrected chi connectivity index (χ2v) is 35.2. The van der Waals surface area contributed by atoms with Gasteiger partial charge in [-0.2, -0.15) is 8.62 Å². The van der Waals surface area contributed by atoms with Crippen LogP contribution in [0.1, 0.15) is 73.8 Å². The van der Waals surface area contributed by atoms with Crippen LogP contribution in [0, 0.1) is 10.8 Å². The van der Waals surface area contributed by atoms with Crippen molar-refractivity contribution in [2.45, 2.75) is 135 Å². The van der Waals surface area contributed by atoms with Crippen LogP contribution >= 0.6 is 70.5 Å². The highest BCUT2D eigenvalue weighted by atomic mass is 32.2. The summed E-state index contributed by atoms with van der Waals surface area (Å²) in [5.74, 6) is -3.60. The molecular weight excluding hydrogens is 1650 g/mol. The molecule has 60 heteroatoms. The van der Waals surface area contributed by atoms with E-state index in [0.717, 1.165) is 58.0 Å². The molecular formula is C50H84N14O38P6S2. The molecule has 16 atom stereocenters. The van der Waals surface area contributed by atoms with E-state index in [0.29, 0.717) is 5.75 Å². The summed E-state index contributed by atoms with van der Waals surface area (Å²) in [4.78, 5) is 182. The third-order valence-electron chi connectivity index (χ3n) is 14.3. The monoisotopic (exact) mass is 1740 g/mol. The Labute approximate surface area is 629 Å². The molecule has 6 rings (SSSR count). The minimum atomic E-state index is -5.57. The Morgan fingerprint density at radius 1 is 0.545 bits per heavy atom. The summed E-state index contributed by atoms with van der Waals surface area (Å²) < 4.78 is 124. The topological polar surface area (TPSA) is 805 Å². The van der Waals surface area contributed by atoms with Crippen LogP contribution in [0.5, 0.6) is 0 Å². The number of ether oxygens (including phenoxy) is 2. The number of carbonyl (C=O) groups excluding carboxylic acids is 6. The molecule has 0 aromatic carbocycles. The van der Waals surface area contributed by atoms with Gasteiger partial charge < -0.3 is 117 Å². The molecule has 0 bridgehead atoms. The number of nitrogens with two attached hydrogens (primary N) is 2. The Bertz CT molecular complexity index is 4140. The lowest BCUT2D eigenvalue weighted by Gasteiger charge is -2.30. The van der Waals surface area contributed by atoms with Crippen molar-refractivity contribution < 1.29 is 181 Å². The van der Waals surface area contributed by atoms with Gasteiger partial charge in [0.05, 0.1) is 39.1 Å². The van der Waals surface area contributed by atoms with E-state index in [-0.39, 0.29) is 83.9 Å². The van der Waals surface area contributed by atoms with Crippen LogP contribution in [0.4, 0.5) is 11.6 Å². The third kappa shape index (κ3) is 31.7. The Morgan fingerprint density at radius 3 is 1.22 bits per heavy atom. The van der Waals surface area contributed by atoms with E-state index in [9.17, 15) is 121 Å². The highest BCUT2D eigenvalue weighted by molar-refractivity contribution is 8.13. The van der Waals surface area contributed by atoms with Gasteiger partial charge in [-0.05, 0) is 13.8 Å². The fraction of sp³-hybridized carbons (Fsp3) is 0.660. The van der Waals surface area contributed by atoms with Gasteiger partial charge in [0.25, 0.3) is 0 Å². The molecule has 2 fully saturated rings. The van der Waals surface area contributed by atoms with Gasteiger partial charge in [-0.3, -0.25) is 65.0 Å². The number of carbonyl (C=O) groups is 7. The maximum absolute atomic E-state index is 12.6. The first-order valence-corrected chi connectivity index (χ1v) is 42.3. The predicted octanol–water partition coefficient (Wildman–Crippen LogP) is -3.82. The molecule has 23 N–H and O–H groups in total. The number of hydrogen-bond donors (Lipinski definition) is 21. The summed E-state index contributed by atoms with van der Waals surface area (Å²) >= 11 is 1.85. The molecule has 2 aliphatic heterocycles. The van der Waals surface area contributed by atoms with Gasteiger partial charge in [0.1, 0.15) is 84.7 Å². The highest BCUT2D eigenvalue weighted by Gasteiger charge is 2.53. The van der Waals surface area contributed by atoms with Gasteiger partial charge in [-0.1, -0.05) is 51.2 Å². The molecule has 0 saturated carbocycles. The number of aliphatic hydroxyl groups is 6. The van der Waals surface area contributed by atoms with Crippen molar-refractivity contribution in [3.8, 4) is 0 Å². The number of nitrogens with one attached hydrogen (secondary N) is 4. The number of aliphatic hydroxyl groups excluding tert-OH is 6. The van der Waals surface area contributed by atoms with Crippen molar-refractivity contribution in [2.75, 3.05) is 75.6 Å². The lowest BCUT2D eigenvalue weighted by Crippen LogP contribution is -2.46. The predicted molar refractivity (Wildman–Crippen MR) is 371 cm³/mol. The van der Waals surface area contributed by atoms with Gasteiger partial charge in [0.15, 0.2) is 40.5 Å². The van der Waals surface area contributed by atoms with Gasteiger partial charge in [-0.15, -0.1) is 0 Å². The maximum atomic E-state index is 12.6. The van der Waals surface area contributed by atoms with E-state index in [1.807, 2.05) is 0 Å². The molecule has 4 amide bonds. The first kappa shape index (κ1) is 96.9. The number of thioether (sulfide) groups is 2. The van der Waals surface area contributed by atoms with Gasteiger partial charge in [0.2, 0.25) is 28.7 Å². The summed E-state index contributed by atoms with van der Waals surface area (Å²) in [6.45, 7) is 4.71. The second kappa shape index (κ2) is 41.7. The van der Waals surface area contributed by atoms with E-state index in [1.54, 1.807) is 0 Å². The summed E-state index contributed by atoms with van der Waals surface area (Å²) in [5.41, 5.74) is 8.49. The number of phosphoric ester groups is 6. The fourth-order valence-electron chi connectivity index (χ4n) is 8.73. The summed E-state index contributed by atoms with van der Waals surface area (Å²) in [6, 6.07) is 0. The van der Waals surface area contributed by atoms with Crippen LogP contribution in [-0.2, 0) is 106 Å². The molecule has 4 aromatic rings. The van der Waals surface area contributed by atoms with E-state index < -0.39 is 192 Å². The number of carboxylic acid groups (broad SMARTS) is 1. The first-order chi connectivity index (χ1) is 50.6. The van der Waals surface area contributed by atoms with E-state index >= 15 is 0 Å². The van der Waals surface area contributed by atoms with Crippen molar-refractivity contribution in [3.63, 3.8) is 0 Å². The van der Waals surface area contributed by atoms with Gasteiger partial charge in [0, 0.05) is 68.3 Å². The van der Waals surface area contributed by atoms with Crippen LogP contribution in [0.2, 0.25) is 0 Å². The number of phosphoric acid groups is 6. The number of carboxylic acids is 1. The zero-order chi connectivity index (χ0) is 83.5. The Hall–Kier alpha value is -5.49. The second-order valence-electron chi connectivity index (χ2n) is 24.3. The first-order valence-electron chi connectivity index (χ1n) is 31.3. The molecule has 2 saturated heterocycles. The number of amides is 4. The van der Waals surface area contributed by atoms with Crippen LogP contribution in [-0.4, -0.2) is 279 Å². The molecule has 6 heterocycles. The van der Waals surface area contributed by atoms with E-state index in [4.69, 9.17) is 54.4 Å². The van der Waals surface area contributed by atoms with Crippen molar-refractivity contribution in [3.05, 3.63) is 25.3 Å². The van der Waals surface area contributed by atoms with Crippen LogP contribution in [0.15, 0.2) is 25.3 Å². The van der Waals surface area contributed by atoms with Crippen LogP contribution in [0.3, 0.4) is 0 Å². The maximum Gasteiger partial charge on any atom is 0.481 e. The average Bonchev–Trinajstić information content (AvgIpc) is 1.62. The van der Waals surface area contributed by atoms with Crippen molar-refractivity contribution >= 4 is 144 Å². The number of hydrogen-bond acceptors (Lipinski definition) is 39. The third-order valence-corrected chi connectivity index (χ3v) is 22.3. The minimum Gasteiger partial charge on any atom is -0.479 e. The SMILES string of the molecule is CC(=O)SCCNC(=O)CCNC(=O)[C@H](O)C(C)(C)COP(=O)(O)OP(=O)(O)OC[C@H]1O[C@@H](n2cnc3c(N)ncnc32)[C@H](O)[C@@H]1OP(=O)(O)O.CC(O)C(=O)O.CC(O)C(=O)SCCNC(=O)CCNC(=O)[C@H](O)C(C)(C)COP(=O)(O)OP(=O)(O)OC[C@H]1O[C@@H](n2cnc3c(N)ncnc32)[C@H](O)[C@@H]1OP(=O)(O)O. The molecule has 624 valence electrons. The number of aliphatic carboxylic acids is 1. The zero-order valence-corrected chi connectivity index (χ0v) is 65.6. The van der Waals surface area contributed by atoms with Crippen molar-refractivity contribution in [1.29, 1.82) is 0 Å². The number of fused-ring (bicyclic) bond motifs is 2. The number of nitrogen functional groups attached to an aromatic ring is 2. The van der Waals surface area contributed by atoms with Crippen LogP contribution in [0.25, 0.3) is 22.3 Å². The summed E-state index contributed by atoms with van der Waals surface area (Å²) in [5, 5.41) is 76.6. The molecule has 0 radical (unpaired) electrons. The molecule has 0 spiro atoms. The summed E-state index contributed by atoms with van der Waals surface area (Å²) in [6.07, 6.45) is -16.3. The highest BCUT2D eigenvalue weighted by Crippen LogP contribution is 2.63. The molecule has 2 aliphatic rings. The number of aromatic nitrogens is 8. The van der Waals surface area contributed by atoms with Gasteiger partial charge >= 0.3 is 52.9 Å². The number of rotatable bonds is 40. The van der Waals surface area contributed by atoms with E-state index in [1.165, 1.54) is 48.5 Å². The zero-order valence-electron chi connectivity index (χ0n) is 58.6. The Kier molecular flexibility index (Phi) is 36.7. The minimum absolute atomic E-state index is 0.0251. The lowest BCUT2D eigenvalue weighted by molar-refractivity contribution is -0.145.